The first-order chi connectivity index (χ1) is 30.1. The summed E-state index contributed by atoms with van der Waals surface area (Å²) in [5, 5.41) is 6.45. The van der Waals surface area contributed by atoms with Crippen LogP contribution in [0.1, 0.15) is 81.5 Å². The van der Waals surface area contributed by atoms with Crippen molar-refractivity contribution in [2.24, 2.45) is 23.7 Å². The van der Waals surface area contributed by atoms with Gasteiger partial charge in [-0.15, -0.1) is 0 Å². The van der Waals surface area contributed by atoms with E-state index in [0.29, 0.717) is 71.2 Å². The maximum Gasteiger partial charge on any atom is 0.407 e. The van der Waals surface area contributed by atoms with Crippen molar-refractivity contribution in [3.63, 3.8) is 0 Å². The molecule has 4 amide bonds. The minimum Gasteiger partial charge on any atom is -0.453 e. The van der Waals surface area contributed by atoms with Crippen LogP contribution in [-0.4, -0.2) is 105 Å². The Bertz CT molecular complexity index is 2360. The number of nitrogens with zero attached hydrogens (tertiary/aromatic N) is 4. The van der Waals surface area contributed by atoms with Crippen LogP contribution in [0.25, 0.3) is 33.6 Å². The zero-order valence-corrected chi connectivity index (χ0v) is 36.1. The molecule has 0 spiro atoms. The van der Waals surface area contributed by atoms with E-state index >= 15 is 0 Å². The normalized spacial score (nSPS) is 26.2. The third-order valence-corrected chi connectivity index (χ3v) is 14.7. The fraction of sp³-hybridized carbons (Fsp3) is 0.511. The number of aromatic nitrogens is 4. The number of alkyl carbamates (subject to hydrolysis) is 2. The van der Waals surface area contributed by atoms with Gasteiger partial charge in [0.2, 0.25) is 11.8 Å². The molecule has 4 aromatic rings. The summed E-state index contributed by atoms with van der Waals surface area (Å²) >= 11 is 13.6. The first kappa shape index (κ1) is 40.9. The molecule has 3 saturated heterocycles. The minimum atomic E-state index is -0.715. The summed E-state index contributed by atoms with van der Waals surface area (Å²) in [6.45, 7) is 1.09. The van der Waals surface area contributed by atoms with Crippen LogP contribution < -0.4 is 10.6 Å². The highest BCUT2D eigenvalue weighted by Crippen LogP contribution is 2.55. The highest BCUT2D eigenvalue weighted by molar-refractivity contribution is 6.32. The molecule has 6 aliphatic rings. The molecular formula is C45H50Cl2N8O7. The number of rotatable bonds is 11. The second-order valence-corrected chi connectivity index (χ2v) is 18.5. The average molecular weight is 886 g/mol. The number of piperidine rings is 2. The highest BCUT2D eigenvalue weighted by atomic mass is 35.5. The number of ether oxygens (including phenoxy) is 3. The summed E-state index contributed by atoms with van der Waals surface area (Å²) in [6, 6.07) is 14.4. The SMILES string of the molecule is COC(=O)N[C@H](C(=O)N1[C@@H]2C[C@@H]2C[C@H]1c1nc(-c2ccc(-c3ccc(-c4nc([C@@H]5C[C@H]6C[C@H]6N5C(=O)[C@@H](NC(=O)OC)C5CCOCC5)[nH]c4Cl)cc3)cc2)c(Cl)[nH]1)C1CCC1. The van der Waals surface area contributed by atoms with Crippen molar-refractivity contribution in [2.75, 3.05) is 27.4 Å². The number of H-pyrrole nitrogens is 2. The first-order valence-corrected chi connectivity index (χ1v) is 22.5. The number of hydrogen-bond donors (Lipinski definition) is 4. The van der Waals surface area contributed by atoms with Crippen molar-refractivity contribution in [1.29, 1.82) is 0 Å². The molecule has 3 saturated carbocycles. The van der Waals surface area contributed by atoms with Gasteiger partial charge >= 0.3 is 12.2 Å². The molecule has 15 nitrogen and oxygen atoms in total. The Hall–Kier alpha value is -5.12. The molecule has 326 valence electrons. The lowest BCUT2D eigenvalue weighted by Gasteiger charge is -2.37. The number of halogens is 2. The van der Waals surface area contributed by atoms with Gasteiger partial charge in [-0.25, -0.2) is 19.6 Å². The number of carbonyl (C=O) groups is 4. The number of fused-ring (bicyclic) bond motifs is 2. The number of benzene rings is 2. The Morgan fingerprint density at radius 3 is 1.44 bits per heavy atom. The van der Waals surface area contributed by atoms with Crippen molar-refractivity contribution in [3.05, 3.63) is 70.5 Å². The van der Waals surface area contributed by atoms with Crippen LogP contribution in [0.5, 0.6) is 0 Å². The summed E-state index contributed by atoms with van der Waals surface area (Å²) < 4.78 is 15.3. The van der Waals surface area contributed by atoms with E-state index in [0.717, 1.165) is 67.2 Å². The number of amides is 4. The van der Waals surface area contributed by atoms with Crippen LogP contribution in [-0.2, 0) is 23.8 Å². The molecule has 0 unspecified atom stereocenters. The number of methoxy groups -OCH3 is 2. The molecule has 4 N–H and O–H groups in total. The van der Waals surface area contributed by atoms with Gasteiger partial charge in [0.25, 0.3) is 0 Å². The van der Waals surface area contributed by atoms with E-state index in [9.17, 15) is 19.2 Å². The second kappa shape index (κ2) is 16.5. The second-order valence-electron chi connectivity index (χ2n) is 17.7. The lowest BCUT2D eigenvalue weighted by atomic mass is 9.79. The van der Waals surface area contributed by atoms with E-state index in [1.54, 1.807) is 0 Å². The molecule has 17 heteroatoms. The van der Waals surface area contributed by atoms with E-state index in [1.807, 2.05) is 58.3 Å². The summed E-state index contributed by atoms with van der Waals surface area (Å²) in [4.78, 5) is 73.2. The smallest absolute Gasteiger partial charge is 0.407 e. The number of aromatic amines is 2. The predicted octanol–water partition coefficient (Wildman–Crippen LogP) is 7.44. The summed E-state index contributed by atoms with van der Waals surface area (Å²) in [6.07, 6.45) is 6.42. The topological polar surface area (TPSA) is 184 Å². The summed E-state index contributed by atoms with van der Waals surface area (Å²) in [7, 11) is 2.62. The third kappa shape index (κ3) is 7.59. The standard InChI is InChI=1S/C45H50Cl2N8O7/c1-60-44(58)50-36(24-4-3-5-24)42(56)54-30-18-28(30)20-32(54)40-48-34(38(46)52-40)25-10-6-22(7-11-25)23-8-12-26(13-9-23)35-39(47)53-41(49-35)33-21-29-19-31(29)55(33)43(57)37(51-45(59)61-2)27-14-16-62-17-15-27/h6-13,24,27-33,36-37H,3-5,14-21H2,1-2H3,(H,48,52)(H,49,53)(H,50,58)(H,51,59)/t28-,29-,30-,31-,32+,33+,36+,37+/m1/s1. The Kier molecular flexibility index (Phi) is 10.9. The van der Waals surface area contributed by atoms with E-state index in [2.05, 4.69) is 20.6 Å². The maximum absolute atomic E-state index is 14.3. The minimum absolute atomic E-state index is 0.0541. The van der Waals surface area contributed by atoms with Crippen LogP contribution in [0.3, 0.4) is 0 Å². The maximum atomic E-state index is 14.3. The molecule has 3 aliphatic carbocycles. The molecule has 62 heavy (non-hydrogen) atoms. The fourth-order valence-electron chi connectivity index (χ4n) is 10.4. The molecule has 2 aromatic carbocycles. The van der Waals surface area contributed by atoms with Crippen molar-refractivity contribution in [3.8, 4) is 33.6 Å². The zero-order chi connectivity index (χ0) is 42.8. The van der Waals surface area contributed by atoms with Gasteiger partial charge in [0.05, 0.1) is 26.3 Å². The predicted molar refractivity (Wildman–Crippen MR) is 229 cm³/mol. The molecule has 3 aliphatic heterocycles. The van der Waals surface area contributed by atoms with Crippen molar-refractivity contribution in [1.82, 2.24) is 40.4 Å². The largest absolute Gasteiger partial charge is 0.453 e. The molecule has 2 aromatic heterocycles. The van der Waals surface area contributed by atoms with E-state index in [4.69, 9.17) is 47.4 Å². The van der Waals surface area contributed by atoms with E-state index in [-0.39, 0.29) is 47.8 Å². The van der Waals surface area contributed by atoms with Gasteiger partial charge in [0, 0.05) is 36.4 Å². The summed E-state index contributed by atoms with van der Waals surface area (Å²) in [5.74, 6) is 1.91. The van der Waals surface area contributed by atoms with Crippen LogP contribution in [0.15, 0.2) is 48.5 Å². The molecular weight excluding hydrogens is 835 g/mol. The number of imidazole rings is 2. The number of likely N-dealkylation sites (tertiary alicyclic amines) is 2. The van der Waals surface area contributed by atoms with Crippen LogP contribution in [0.2, 0.25) is 10.3 Å². The first-order valence-electron chi connectivity index (χ1n) is 21.7. The van der Waals surface area contributed by atoms with Crippen molar-refractivity contribution >= 4 is 47.2 Å². The van der Waals surface area contributed by atoms with Crippen molar-refractivity contribution in [2.45, 2.75) is 94.0 Å². The van der Waals surface area contributed by atoms with Gasteiger partial charge in [0.15, 0.2) is 0 Å². The Morgan fingerprint density at radius 1 is 0.645 bits per heavy atom. The number of hydrogen-bond acceptors (Lipinski definition) is 9. The monoisotopic (exact) mass is 884 g/mol. The van der Waals surface area contributed by atoms with Gasteiger partial charge in [-0.05, 0) is 86.2 Å². The Labute approximate surface area is 368 Å². The number of nitrogens with one attached hydrogen (secondary N) is 4. The highest BCUT2D eigenvalue weighted by Gasteiger charge is 2.58. The molecule has 0 radical (unpaired) electrons. The third-order valence-electron chi connectivity index (χ3n) is 14.2. The summed E-state index contributed by atoms with van der Waals surface area (Å²) in [5.41, 5.74) is 4.88. The van der Waals surface area contributed by atoms with Gasteiger partial charge in [0.1, 0.15) is 45.4 Å². The van der Waals surface area contributed by atoms with Crippen LogP contribution in [0.4, 0.5) is 9.59 Å². The van der Waals surface area contributed by atoms with Gasteiger partial charge in [-0.1, -0.05) is 78.2 Å². The van der Waals surface area contributed by atoms with Gasteiger partial charge in [-0.2, -0.15) is 0 Å². The van der Waals surface area contributed by atoms with Crippen LogP contribution >= 0.6 is 23.2 Å². The number of carbonyl (C=O) groups excluding carboxylic acids is 4. The molecule has 0 bridgehead atoms. The lowest BCUT2D eigenvalue weighted by Crippen LogP contribution is -2.54. The van der Waals surface area contributed by atoms with Gasteiger partial charge in [-0.3, -0.25) is 9.59 Å². The molecule has 5 heterocycles. The molecule has 10 rings (SSSR count). The lowest BCUT2D eigenvalue weighted by molar-refractivity contribution is -0.138. The molecule has 8 atom stereocenters. The average Bonchev–Trinajstić information content (AvgIpc) is 3.99. The molecule has 6 fully saturated rings. The van der Waals surface area contributed by atoms with Crippen molar-refractivity contribution < 1.29 is 33.4 Å². The van der Waals surface area contributed by atoms with Crippen LogP contribution in [0, 0.1) is 23.7 Å². The van der Waals surface area contributed by atoms with Gasteiger partial charge < -0.3 is 44.6 Å². The quantitative estimate of drug-likeness (QED) is 0.119. The Balaban J connectivity index is 0.829. The Morgan fingerprint density at radius 2 is 1.05 bits per heavy atom. The zero-order valence-electron chi connectivity index (χ0n) is 34.6. The van der Waals surface area contributed by atoms with E-state index < -0.39 is 24.3 Å². The fourth-order valence-corrected chi connectivity index (χ4v) is 10.9. The van der Waals surface area contributed by atoms with E-state index in [1.165, 1.54) is 14.2 Å².